The molecule has 1 aliphatic heterocycles. The first-order chi connectivity index (χ1) is 12.6. The lowest BCUT2D eigenvalue weighted by molar-refractivity contribution is -0.136. The summed E-state index contributed by atoms with van der Waals surface area (Å²) in [5, 5.41) is 0. The highest BCUT2D eigenvalue weighted by atomic mass is 16.2. The van der Waals surface area contributed by atoms with E-state index in [1.54, 1.807) is 6.33 Å². The van der Waals surface area contributed by atoms with E-state index in [1.807, 2.05) is 49.1 Å². The molecule has 0 bridgehead atoms. The van der Waals surface area contributed by atoms with E-state index < -0.39 is 5.41 Å². The number of aromatic amines is 1. The van der Waals surface area contributed by atoms with Gasteiger partial charge >= 0.3 is 0 Å². The molecule has 0 atom stereocenters. The van der Waals surface area contributed by atoms with Gasteiger partial charge in [-0.1, -0.05) is 30.3 Å². The molecule has 1 aliphatic rings. The molecule has 7 heteroatoms. The van der Waals surface area contributed by atoms with E-state index in [-0.39, 0.29) is 5.91 Å². The first-order valence-electron chi connectivity index (χ1n) is 8.81. The molecule has 0 saturated carbocycles. The van der Waals surface area contributed by atoms with Gasteiger partial charge < -0.3 is 14.8 Å². The number of carbonyl (C=O) groups is 1. The third-order valence-electron chi connectivity index (χ3n) is 5.10. The van der Waals surface area contributed by atoms with Gasteiger partial charge in [-0.05, 0) is 19.4 Å². The van der Waals surface area contributed by atoms with Gasteiger partial charge in [0, 0.05) is 26.2 Å². The van der Waals surface area contributed by atoms with Crippen LogP contribution in [0.4, 0.5) is 5.82 Å². The van der Waals surface area contributed by atoms with Crippen LogP contribution in [-0.4, -0.2) is 56.9 Å². The Balaban J connectivity index is 1.48. The second kappa shape index (κ2) is 6.40. The number of amides is 1. The molecule has 1 fully saturated rings. The number of anilines is 1. The molecule has 1 saturated heterocycles. The molecule has 26 heavy (non-hydrogen) atoms. The van der Waals surface area contributed by atoms with Gasteiger partial charge in [-0.25, -0.2) is 15.0 Å². The lowest BCUT2D eigenvalue weighted by atomic mass is 9.83. The van der Waals surface area contributed by atoms with E-state index in [2.05, 4.69) is 24.8 Å². The molecular weight excluding hydrogens is 328 g/mol. The van der Waals surface area contributed by atoms with Gasteiger partial charge in [-0.2, -0.15) is 0 Å². The molecule has 0 spiro atoms. The molecule has 134 valence electrons. The predicted molar refractivity (Wildman–Crippen MR) is 99.9 cm³/mol. The van der Waals surface area contributed by atoms with E-state index in [0.29, 0.717) is 18.7 Å². The Kier molecular flexibility index (Phi) is 4.06. The number of hydrogen-bond acceptors (Lipinski definition) is 5. The first kappa shape index (κ1) is 16.5. The average Bonchev–Trinajstić information content (AvgIpc) is 3.17. The second-order valence-corrected chi connectivity index (χ2v) is 7.07. The monoisotopic (exact) mass is 350 g/mol. The fourth-order valence-electron chi connectivity index (χ4n) is 3.49. The van der Waals surface area contributed by atoms with Gasteiger partial charge in [0.15, 0.2) is 11.5 Å². The Morgan fingerprint density at radius 1 is 1.04 bits per heavy atom. The molecule has 3 heterocycles. The standard InChI is InChI=1S/C19H22N6O/c1-19(2,14-6-4-3-5-7-14)18(26)25-10-8-24(9-11-25)17-15-16(21-12-20-15)22-13-23-17/h3-7,12-13H,8-11H2,1-2H3,(H,20,21,22,23). The van der Waals surface area contributed by atoms with Crippen LogP contribution < -0.4 is 4.90 Å². The van der Waals surface area contributed by atoms with Crippen molar-refractivity contribution in [2.24, 2.45) is 0 Å². The van der Waals surface area contributed by atoms with Crippen molar-refractivity contribution in [2.45, 2.75) is 19.3 Å². The van der Waals surface area contributed by atoms with Crippen LogP contribution in [0.25, 0.3) is 11.2 Å². The zero-order valence-corrected chi connectivity index (χ0v) is 15.0. The number of imidazole rings is 1. The minimum atomic E-state index is -0.533. The average molecular weight is 350 g/mol. The van der Waals surface area contributed by atoms with Crippen LogP contribution in [0.1, 0.15) is 19.4 Å². The second-order valence-electron chi connectivity index (χ2n) is 7.07. The zero-order chi connectivity index (χ0) is 18.1. The van der Waals surface area contributed by atoms with E-state index in [9.17, 15) is 4.79 Å². The highest BCUT2D eigenvalue weighted by Crippen LogP contribution is 2.27. The summed E-state index contributed by atoms with van der Waals surface area (Å²) >= 11 is 0. The third-order valence-corrected chi connectivity index (χ3v) is 5.10. The van der Waals surface area contributed by atoms with E-state index >= 15 is 0 Å². The van der Waals surface area contributed by atoms with Gasteiger partial charge in [0.1, 0.15) is 11.8 Å². The van der Waals surface area contributed by atoms with Crippen LogP contribution in [-0.2, 0) is 10.2 Å². The minimum Gasteiger partial charge on any atom is -0.351 e. The van der Waals surface area contributed by atoms with E-state index in [4.69, 9.17) is 0 Å². The van der Waals surface area contributed by atoms with Gasteiger partial charge in [-0.15, -0.1) is 0 Å². The summed E-state index contributed by atoms with van der Waals surface area (Å²) in [5.41, 5.74) is 2.02. The van der Waals surface area contributed by atoms with Crippen LogP contribution in [0.3, 0.4) is 0 Å². The highest BCUT2D eigenvalue weighted by Gasteiger charge is 2.35. The molecule has 4 rings (SSSR count). The van der Waals surface area contributed by atoms with Gasteiger partial charge in [0.2, 0.25) is 5.91 Å². The molecule has 2 aromatic heterocycles. The lowest BCUT2D eigenvalue weighted by Gasteiger charge is -2.39. The molecule has 3 aromatic rings. The van der Waals surface area contributed by atoms with Crippen molar-refractivity contribution in [1.29, 1.82) is 0 Å². The summed E-state index contributed by atoms with van der Waals surface area (Å²) in [6.45, 7) is 6.82. The third kappa shape index (κ3) is 2.79. The Morgan fingerprint density at radius 3 is 2.50 bits per heavy atom. The summed E-state index contributed by atoms with van der Waals surface area (Å²) in [6, 6.07) is 9.97. The molecule has 1 N–H and O–H groups in total. The Hall–Kier alpha value is -2.96. The van der Waals surface area contributed by atoms with Crippen molar-refractivity contribution in [3.8, 4) is 0 Å². The number of nitrogens with zero attached hydrogens (tertiary/aromatic N) is 5. The van der Waals surface area contributed by atoms with Crippen LogP contribution >= 0.6 is 0 Å². The number of H-pyrrole nitrogens is 1. The van der Waals surface area contributed by atoms with Crippen LogP contribution in [0, 0.1) is 0 Å². The number of hydrogen-bond donors (Lipinski definition) is 1. The summed E-state index contributed by atoms with van der Waals surface area (Å²) in [5.74, 6) is 1.01. The molecule has 0 unspecified atom stereocenters. The fraction of sp³-hybridized carbons (Fsp3) is 0.368. The number of rotatable bonds is 3. The minimum absolute atomic E-state index is 0.165. The molecule has 1 aromatic carbocycles. The van der Waals surface area contributed by atoms with Crippen LogP contribution in [0.5, 0.6) is 0 Å². The van der Waals surface area contributed by atoms with Crippen molar-refractivity contribution in [3.05, 3.63) is 48.5 Å². The van der Waals surface area contributed by atoms with Crippen molar-refractivity contribution < 1.29 is 4.79 Å². The maximum absolute atomic E-state index is 13.1. The number of fused-ring (bicyclic) bond motifs is 1. The number of benzene rings is 1. The molecular formula is C19H22N6O. The number of aromatic nitrogens is 4. The summed E-state index contributed by atoms with van der Waals surface area (Å²) in [7, 11) is 0. The summed E-state index contributed by atoms with van der Waals surface area (Å²) in [6.07, 6.45) is 3.17. The van der Waals surface area contributed by atoms with Gasteiger partial charge in [0.05, 0.1) is 11.7 Å². The number of carbonyl (C=O) groups excluding carboxylic acids is 1. The molecule has 0 aliphatic carbocycles. The Morgan fingerprint density at radius 2 is 1.77 bits per heavy atom. The fourth-order valence-corrected chi connectivity index (χ4v) is 3.49. The van der Waals surface area contributed by atoms with Crippen LogP contribution in [0.15, 0.2) is 43.0 Å². The first-order valence-corrected chi connectivity index (χ1v) is 8.81. The maximum atomic E-state index is 13.1. The lowest BCUT2D eigenvalue weighted by Crippen LogP contribution is -2.53. The van der Waals surface area contributed by atoms with Crippen molar-refractivity contribution in [2.75, 3.05) is 31.1 Å². The summed E-state index contributed by atoms with van der Waals surface area (Å²) < 4.78 is 0. The molecule has 0 radical (unpaired) electrons. The number of piperazine rings is 1. The highest BCUT2D eigenvalue weighted by molar-refractivity contribution is 5.88. The maximum Gasteiger partial charge on any atom is 0.232 e. The zero-order valence-electron chi connectivity index (χ0n) is 15.0. The smallest absolute Gasteiger partial charge is 0.232 e. The predicted octanol–water partition coefficient (Wildman–Crippen LogP) is 1.98. The largest absolute Gasteiger partial charge is 0.351 e. The van der Waals surface area contributed by atoms with Gasteiger partial charge in [0.25, 0.3) is 0 Å². The van der Waals surface area contributed by atoms with Crippen molar-refractivity contribution in [3.63, 3.8) is 0 Å². The molecule has 1 amide bonds. The Bertz CT molecular complexity index is 912. The topological polar surface area (TPSA) is 78.0 Å². The summed E-state index contributed by atoms with van der Waals surface area (Å²) in [4.78, 5) is 33.1. The Labute approximate surface area is 152 Å². The van der Waals surface area contributed by atoms with E-state index in [1.165, 1.54) is 6.33 Å². The van der Waals surface area contributed by atoms with Crippen LogP contribution in [0.2, 0.25) is 0 Å². The van der Waals surface area contributed by atoms with Gasteiger partial charge in [-0.3, -0.25) is 4.79 Å². The SMILES string of the molecule is CC(C)(C(=O)N1CCN(c2ncnc3nc[nH]c23)CC1)c1ccccc1. The van der Waals surface area contributed by atoms with Crippen molar-refractivity contribution in [1.82, 2.24) is 24.8 Å². The van der Waals surface area contributed by atoms with Crippen molar-refractivity contribution >= 4 is 22.9 Å². The number of nitrogens with one attached hydrogen (secondary N) is 1. The normalized spacial score (nSPS) is 15.5. The molecule has 7 nitrogen and oxygen atoms in total. The van der Waals surface area contributed by atoms with E-state index in [0.717, 1.165) is 30.0 Å². The quantitative estimate of drug-likeness (QED) is 0.781.